The summed E-state index contributed by atoms with van der Waals surface area (Å²) in [6, 6.07) is 0. The summed E-state index contributed by atoms with van der Waals surface area (Å²) in [5.74, 6) is 0.542. The Kier molecular flexibility index (Phi) is 5.77. The summed E-state index contributed by atoms with van der Waals surface area (Å²) in [4.78, 5) is 16.4. The van der Waals surface area contributed by atoms with Crippen molar-refractivity contribution in [1.29, 1.82) is 0 Å². The highest BCUT2D eigenvalue weighted by Crippen LogP contribution is 2.18. The van der Waals surface area contributed by atoms with Crippen LogP contribution >= 0.6 is 0 Å². The van der Waals surface area contributed by atoms with Crippen LogP contribution in [0.15, 0.2) is 0 Å². The molecule has 1 saturated heterocycles. The second kappa shape index (κ2) is 6.86. The monoisotopic (exact) mass is 228 g/mol. The summed E-state index contributed by atoms with van der Waals surface area (Å²) in [5, 5.41) is 0. The average molecular weight is 228 g/mol. The lowest BCUT2D eigenvalue weighted by Crippen LogP contribution is -2.42. The summed E-state index contributed by atoms with van der Waals surface area (Å²) >= 11 is 0. The van der Waals surface area contributed by atoms with Gasteiger partial charge in [0.1, 0.15) is 0 Å². The van der Waals surface area contributed by atoms with E-state index < -0.39 is 0 Å². The predicted octanol–water partition coefficient (Wildman–Crippen LogP) is 0.823. The Morgan fingerprint density at radius 3 is 2.56 bits per heavy atom. The van der Waals surface area contributed by atoms with Crippen molar-refractivity contribution >= 4 is 5.91 Å². The quantitative estimate of drug-likeness (QED) is 0.698. The van der Waals surface area contributed by atoms with Crippen LogP contribution in [0.3, 0.4) is 0 Å². The molecule has 0 atom stereocenters. The fourth-order valence-corrected chi connectivity index (χ4v) is 2.14. The Labute approximate surface area is 98.5 Å². The Hall–Kier alpha value is -0.610. The molecule has 16 heavy (non-hydrogen) atoms. The van der Waals surface area contributed by atoms with Crippen molar-refractivity contribution in [3.8, 4) is 0 Å². The lowest BCUT2D eigenvalue weighted by molar-refractivity contribution is -0.137. The van der Waals surface area contributed by atoms with Crippen LogP contribution in [0.4, 0.5) is 0 Å². The Balaban J connectivity index is 2.41. The minimum atomic E-state index is 0.230. The third-order valence-corrected chi connectivity index (χ3v) is 3.33. The molecule has 0 aromatic carbocycles. The van der Waals surface area contributed by atoms with E-state index in [1.54, 1.807) is 7.11 Å². The van der Waals surface area contributed by atoms with Crippen molar-refractivity contribution in [3.05, 3.63) is 0 Å². The molecular formula is C12H24N2O2. The zero-order valence-corrected chi connectivity index (χ0v) is 10.7. The minimum Gasteiger partial charge on any atom is -0.383 e. The van der Waals surface area contributed by atoms with Gasteiger partial charge in [-0.25, -0.2) is 0 Å². The van der Waals surface area contributed by atoms with Gasteiger partial charge in [-0.05, 0) is 39.9 Å². The number of carbonyl (C=O) groups is 1. The first-order valence-electron chi connectivity index (χ1n) is 6.15. The van der Waals surface area contributed by atoms with Gasteiger partial charge >= 0.3 is 0 Å². The number of ether oxygens (including phenoxy) is 1. The van der Waals surface area contributed by atoms with E-state index in [0.29, 0.717) is 12.5 Å². The zero-order chi connectivity index (χ0) is 12.0. The van der Waals surface area contributed by atoms with Crippen LogP contribution in [0.1, 0.15) is 19.8 Å². The molecule has 94 valence electrons. The second-order valence-electron chi connectivity index (χ2n) is 4.49. The third kappa shape index (κ3) is 3.76. The van der Waals surface area contributed by atoms with Crippen LogP contribution in [0.25, 0.3) is 0 Å². The molecule has 4 nitrogen and oxygen atoms in total. The van der Waals surface area contributed by atoms with Crippen molar-refractivity contribution in [3.63, 3.8) is 0 Å². The number of methoxy groups -OCH3 is 1. The van der Waals surface area contributed by atoms with Crippen molar-refractivity contribution in [2.24, 2.45) is 5.92 Å². The van der Waals surface area contributed by atoms with E-state index in [0.717, 1.165) is 39.0 Å². The van der Waals surface area contributed by atoms with Crippen LogP contribution in [0.2, 0.25) is 0 Å². The SMILES string of the molecule is CCN(CCOC)C(=O)C1CCN(C)CC1. The zero-order valence-electron chi connectivity index (χ0n) is 10.7. The molecule has 0 saturated carbocycles. The first kappa shape index (κ1) is 13.5. The molecule has 1 heterocycles. The fourth-order valence-electron chi connectivity index (χ4n) is 2.14. The van der Waals surface area contributed by atoms with Crippen LogP contribution in [0, 0.1) is 5.92 Å². The first-order valence-corrected chi connectivity index (χ1v) is 6.15. The molecule has 0 aromatic rings. The minimum absolute atomic E-state index is 0.230. The van der Waals surface area contributed by atoms with Gasteiger partial charge in [-0.15, -0.1) is 0 Å². The summed E-state index contributed by atoms with van der Waals surface area (Å²) in [6.07, 6.45) is 2.00. The maximum Gasteiger partial charge on any atom is 0.225 e. The normalized spacial score (nSPS) is 18.7. The summed E-state index contributed by atoms with van der Waals surface area (Å²) < 4.78 is 5.03. The molecule has 0 radical (unpaired) electrons. The van der Waals surface area contributed by atoms with Crippen molar-refractivity contribution in [2.75, 3.05) is 46.9 Å². The lowest BCUT2D eigenvalue weighted by atomic mass is 9.95. The first-order chi connectivity index (χ1) is 7.69. The molecule has 1 rings (SSSR count). The number of amides is 1. The third-order valence-electron chi connectivity index (χ3n) is 3.33. The van der Waals surface area contributed by atoms with Crippen LogP contribution in [-0.4, -0.2) is 62.7 Å². The van der Waals surface area contributed by atoms with E-state index in [1.165, 1.54) is 0 Å². The van der Waals surface area contributed by atoms with Gasteiger partial charge in [0.25, 0.3) is 0 Å². The van der Waals surface area contributed by atoms with Gasteiger partial charge in [0.2, 0.25) is 5.91 Å². The molecule has 4 heteroatoms. The molecule has 1 aliphatic rings. The van der Waals surface area contributed by atoms with Crippen molar-refractivity contribution < 1.29 is 9.53 Å². The van der Waals surface area contributed by atoms with E-state index in [9.17, 15) is 4.79 Å². The molecule has 1 amide bonds. The number of likely N-dealkylation sites (tertiary alicyclic amines) is 1. The standard InChI is InChI=1S/C12H24N2O2/c1-4-14(9-10-16-3)12(15)11-5-7-13(2)8-6-11/h11H,4-10H2,1-3H3. The summed E-state index contributed by atoms with van der Waals surface area (Å²) in [5.41, 5.74) is 0. The molecule has 0 spiro atoms. The van der Waals surface area contributed by atoms with Gasteiger partial charge in [-0.1, -0.05) is 0 Å². The Bertz CT molecular complexity index is 206. The maximum atomic E-state index is 12.2. The number of carbonyl (C=O) groups excluding carboxylic acids is 1. The van der Waals surface area contributed by atoms with Gasteiger partial charge in [0.15, 0.2) is 0 Å². The highest BCUT2D eigenvalue weighted by Gasteiger charge is 2.26. The molecule has 0 aromatic heterocycles. The van der Waals surface area contributed by atoms with E-state index >= 15 is 0 Å². The van der Waals surface area contributed by atoms with Crippen LogP contribution < -0.4 is 0 Å². The molecule has 0 N–H and O–H groups in total. The number of piperidine rings is 1. The van der Waals surface area contributed by atoms with E-state index in [1.807, 2.05) is 11.8 Å². The highest BCUT2D eigenvalue weighted by molar-refractivity contribution is 5.78. The van der Waals surface area contributed by atoms with E-state index in [2.05, 4.69) is 11.9 Å². The highest BCUT2D eigenvalue weighted by atomic mass is 16.5. The molecule has 0 unspecified atom stereocenters. The lowest BCUT2D eigenvalue weighted by Gasteiger charge is -2.32. The van der Waals surface area contributed by atoms with Gasteiger partial charge < -0.3 is 14.5 Å². The molecule has 0 aliphatic carbocycles. The summed E-state index contributed by atoms with van der Waals surface area (Å²) in [7, 11) is 3.79. The van der Waals surface area contributed by atoms with Crippen LogP contribution in [-0.2, 0) is 9.53 Å². The molecular weight excluding hydrogens is 204 g/mol. The van der Waals surface area contributed by atoms with E-state index in [-0.39, 0.29) is 5.92 Å². The van der Waals surface area contributed by atoms with Gasteiger partial charge in [-0.2, -0.15) is 0 Å². The Morgan fingerprint density at radius 2 is 2.06 bits per heavy atom. The molecule has 0 bridgehead atoms. The number of nitrogens with zero attached hydrogens (tertiary/aromatic N) is 2. The maximum absolute atomic E-state index is 12.2. The topological polar surface area (TPSA) is 32.8 Å². The van der Waals surface area contributed by atoms with Gasteiger partial charge in [0, 0.05) is 26.1 Å². The number of hydrogen-bond acceptors (Lipinski definition) is 3. The predicted molar refractivity (Wildman–Crippen MR) is 64.4 cm³/mol. The number of hydrogen-bond donors (Lipinski definition) is 0. The van der Waals surface area contributed by atoms with Crippen molar-refractivity contribution in [2.45, 2.75) is 19.8 Å². The van der Waals surface area contributed by atoms with Gasteiger partial charge in [0.05, 0.1) is 6.61 Å². The summed E-state index contributed by atoms with van der Waals surface area (Å²) in [6.45, 7) is 6.25. The Morgan fingerprint density at radius 1 is 1.44 bits per heavy atom. The molecule has 1 fully saturated rings. The average Bonchev–Trinajstić information content (AvgIpc) is 2.30. The largest absolute Gasteiger partial charge is 0.383 e. The van der Waals surface area contributed by atoms with E-state index in [4.69, 9.17) is 4.74 Å². The number of likely N-dealkylation sites (N-methyl/N-ethyl adjacent to an activating group) is 1. The number of rotatable bonds is 5. The smallest absolute Gasteiger partial charge is 0.225 e. The molecule has 1 aliphatic heterocycles. The van der Waals surface area contributed by atoms with Crippen molar-refractivity contribution in [1.82, 2.24) is 9.80 Å². The van der Waals surface area contributed by atoms with Crippen LogP contribution in [0.5, 0.6) is 0 Å². The van der Waals surface area contributed by atoms with Gasteiger partial charge in [-0.3, -0.25) is 4.79 Å². The fraction of sp³-hybridized carbons (Fsp3) is 0.917. The second-order valence-corrected chi connectivity index (χ2v) is 4.49.